The van der Waals surface area contributed by atoms with Crippen molar-refractivity contribution in [2.45, 2.75) is 20.4 Å². The number of carbonyl (C=O) groups excluding carboxylic acids is 1. The minimum absolute atomic E-state index is 0.115. The van der Waals surface area contributed by atoms with Gasteiger partial charge in [-0.1, -0.05) is 30.3 Å². The predicted molar refractivity (Wildman–Crippen MR) is 64.7 cm³/mol. The molecular weight excluding hydrogens is 212 g/mol. The lowest BCUT2D eigenvalue weighted by Crippen LogP contribution is -2.41. The third-order valence-corrected chi connectivity index (χ3v) is 2.66. The van der Waals surface area contributed by atoms with Crippen molar-refractivity contribution in [1.29, 1.82) is 0 Å². The standard InChI is InChI=1S/C14H15N2O/c1-11-9-16(12(2)8-15-11)10-14(17)13-6-4-3-5-7-13/h3-9H,10H2,1-2H3/q+1. The normalized spacial score (nSPS) is 10.2. The van der Waals surface area contributed by atoms with Crippen LogP contribution in [0, 0.1) is 13.8 Å². The van der Waals surface area contributed by atoms with Crippen molar-refractivity contribution in [2.75, 3.05) is 0 Å². The number of ketones is 1. The molecule has 1 aromatic carbocycles. The van der Waals surface area contributed by atoms with Crippen LogP contribution in [0.2, 0.25) is 0 Å². The van der Waals surface area contributed by atoms with Gasteiger partial charge in [0.05, 0.1) is 6.20 Å². The van der Waals surface area contributed by atoms with Gasteiger partial charge in [-0.15, -0.1) is 0 Å². The molecule has 0 radical (unpaired) electrons. The first-order valence-electron chi connectivity index (χ1n) is 5.58. The Kier molecular flexibility index (Phi) is 3.28. The molecule has 0 bridgehead atoms. The second kappa shape index (κ2) is 4.87. The minimum Gasteiger partial charge on any atom is -0.287 e. The van der Waals surface area contributed by atoms with Gasteiger partial charge in [0.1, 0.15) is 5.69 Å². The summed E-state index contributed by atoms with van der Waals surface area (Å²) in [5, 5.41) is 0. The van der Waals surface area contributed by atoms with Crippen molar-refractivity contribution in [1.82, 2.24) is 4.98 Å². The van der Waals surface area contributed by atoms with Gasteiger partial charge in [0, 0.05) is 12.5 Å². The molecule has 3 heteroatoms. The van der Waals surface area contributed by atoms with E-state index in [0.717, 1.165) is 17.0 Å². The zero-order valence-electron chi connectivity index (χ0n) is 10.1. The largest absolute Gasteiger partial charge is 0.287 e. The van der Waals surface area contributed by atoms with Crippen LogP contribution >= 0.6 is 0 Å². The van der Waals surface area contributed by atoms with Gasteiger partial charge in [-0.05, 0) is 6.92 Å². The molecule has 1 heterocycles. The molecule has 0 fully saturated rings. The van der Waals surface area contributed by atoms with E-state index in [-0.39, 0.29) is 5.78 Å². The quantitative estimate of drug-likeness (QED) is 0.592. The summed E-state index contributed by atoms with van der Waals surface area (Å²) in [7, 11) is 0. The van der Waals surface area contributed by atoms with Gasteiger partial charge in [-0.25, -0.2) is 4.98 Å². The number of hydrogen-bond acceptors (Lipinski definition) is 2. The first kappa shape index (κ1) is 11.5. The number of hydrogen-bond donors (Lipinski definition) is 0. The summed E-state index contributed by atoms with van der Waals surface area (Å²) in [5.41, 5.74) is 2.64. The van der Waals surface area contributed by atoms with E-state index < -0.39 is 0 Å². The molecular formula is C14H15N2O+. The van der Waals surface area contributed by atoms with E-state index in [4.69, 9.17) is 0 Å². The van der Waals surface area contributed by atoms with E-state index in [1.165, 1.54) is 0 Å². The molecule has 2 aromatic rings. The Balaban J connectivity index is 2.22. The maximum atomic E-state index is 12.0. The highest BCUT2D eigenvalue weighted by atomic mass is 16.1. The Labute approximate surface area is 101 Å². The van der Waals surface area contributed by atoms with Crippen LogP contribution in [0.3, 0.4) is 0 Å². The average Bonchev–Trinajstić information content (AvgIpc) is 2.35. The first-order chi connectivity index (χ1) is 8.16. The molecule has 0 N–H and O–H groups in total. The maximum Gasteiger partial charge on any atom is 0.227 e. The predicted octanol–water partition coefficient (Wildman–Crippen LogP) is 1.87. The Hall–Kier alpha value is -2.03. The minimum atomic E-state index is 0.115. The van der Waals surface area contributed by atoms with Crippen LogP contribution < -0.4 is 4.57 Å². The van der Waals surface area contributed by atoms with E-state index in [1.807, 2.05) is 54.9 Å². The molecule has 0 spiro atoms. The zero-order chi connectivity index (χ0) is 12.3. The molecule has 0 saturated heterocycles. The lowest BCUT2D eigenvalue weighted by Gasteiger charge is -2.01. The smallest absolute Gasteiger partial charge is 0.227 e. The Bertz CT molecular complexity index is 535. The van der Waals surface area contributed by atoms with Crippen LogP contribution in [0.1, 0.15) is 21.7 Å². The van der Waals surface area contributed by atoms with E-state index in [9.17, 15) is 4.79 Å². The summed E-state index contributed by atoms with van der Waals surface area (Å²) in [4.78, 5) is 16.2. The zero-order valence-corrected chi connectivity index (χ0v) is 10.1. The van der Waals surface area contributed by atoms with Gasteiger partial charge in [-0.3, -0.25) is 4.79 Å². The molecule has 0 unspecified atom stereocenters. The second-order valence-corrected chi connectivity index (χ2v) is 4.09. The maximum absolute atomic E-state index is 12.0. The van der Waals surface area contributed by atoms with Gasteiger partial charge < -0.3 is 0 Å². The summed E-state index contributed by atoms with van der Waals surface area (Å²) in [6.07, 6.45) is 3.68. The van der Waals surface area contributed by atoms with Gasteiger partial charge in [0.25, 0.3) is 0 Å². The summed E-state index contributed by atoms with van der Waals surface area (Å²) < 4.78 is 1.93. The van der Waals surface area contributed by atoms with Crippen molar-refractivity contribution in [3.63, 3.8) is 0 Å². The first-order valence-corrected chi connectivity index (χ1v) is 5.58. The fourth-order valence-corrected chi connectivity index (χ4v) is 1.67. The fraction of sp³-hybridized carbons (Fsp3) is 0.214. The van der Waals surface area contributed by atoms with Crippen LogP contribution in [-0.4, -0.2) is 10.8 Å². The van der Waals surface area contributed by atoms with Crippen LogP contribution in [0.15, 0.2) is 42.7 Å². The fourth-order valence-electron chi connectivity index (χ4n) is 1.67. The van der Waals surface area contributed by atoms with Crippen molar-refractivity contribution < 1.29 is 9.36 Å². The molecule has 0 aliphatic rings. The van der Waals surface area contributed by atoms with E-state index in [1.54, 1.807) is 6.20 Å². The summed E-state index contributed by atoms with van der Waals surface area (Å²) >= 11 is 0. The number of benzene rings is 1. The highest BCUT2D eigenvalue weighted by molar-refractivity contribution is 5.94. The topological polar surface area (TPSA) is 33.8 Å². The SMILES string of the molecule is Cc1c[n+](CC(=O)c2ccccc2)c(C)cn1. The van der Waals surface area contributed by atoms with Crippen molar-refractivity contribution in [3.8, 4) is 0 Å². The molecule has 86 valence electrons. The van der Waals surface area contributed by atoms with Crippen molar-refractivity contribution in [2.24, 2.45) is 0 Å². The highest BCUT2D eigenvalue weighted by Gasteiger charge is 2.14. The third-order valence-electron chi connectivity index (χ3n) is 2.66. The van der Waals surface area contributed by atoms with Gasteiger partial charge in [0.2, 0.25) is 12.3 Å². The van der Waals surface area contributed by atoms with Crippen molar-refractivity contribution >= 4 is 5.78 Å². The second-order valence-electron chi connectivity index (χ2n) is 4.09. The molecule has 0 amide bonds. The Morgan fingerprint density at radius 3 is 2.65 bits per heavy atom. The molecule has 3 nitrogen and oxygen atoms in total. The summed E-state index contributed by atoms with van der Waals surface area (Å²) in [5.74, 6) is 0.115. The lowest BCUT2D eigenvalue weighted by molar-refractivity contribution is -0.690. The summed E-state index contributed by atoms with van der Waals surface area (Å²) in [6, 6.07) is 9.34. The Morgan fingerprint density at radius 1 is 1.24 bits per heavy atom. The van der Waals surface area contributed by atoms with Crippen LogP contribution in [0.4, 0.5) is 0 Å². The lowest BCUT2D eigenvalue weighted by atomic mass is 10.1. The molecule has 17 heavy (non-hydrogen) atoms. The molecule has 0 saturated carbocycles. The van der Waals surface area contributed by atoms with E-state index in [0.29, 0.717) is 6.54 Å². The van der Waals surface area contributed by atoms with Gasteiger partial charge in [-0.2, -0.15) is 4.57 Å². The number of rotatable bonds is 3. The average molecular weight is 227 g/mol. The number of Topliss-reactive ketones (excluding diaryl/α,β-unsaturated/α-hetero) is 1. The van der Waals surface area contributed by atoms with E-state index >= 15 is 0 Å². The third kappa shape index (κ3) is 2.75. The monoisotopic (exact) mass is 227 g/mol. The number of aromatic nitrogens is 2. The summed E-state index contributed by atoms with van der Waals surface area (Å²) in [6.45, 7) is 4.23. The molecule has 0 aliphatic carbocycles. The van der Waals surface area contributed by atoms with E-state index in [2.05, 4.69) is 4.98 Å². The molecule has 0 aliphatic heterocycles. The van der Waals surface area contributed by atoms with Crippen molar-refractivity contribution in [3.05, 3.63) is 59.7 Å². The number of carbonyl (C=O) groups is 1. The van der Waals surface area contributed by atoms with Gasteiger partial charge >= 0.3 is 0 Å². The van der Waals surface area contributed by atoms with Crippen LogP contribution in [0.5, 0.6) is 0 Å². The number of nitrogens with zero attached hydrogens (tertiary/aromatic N) is 2. The van der Waals surface area contributed by atoms with Gasteiger partial charge in [0.15, 0.2) is 11.9 Å². The molecule has 0 atom stereocenters. The Morgan fingerprint density at radius 2 is 1.94 bits per heavy atom. The molecule has 2 rings (SSSR count). The van der Waals surface area contributed by atoms with Crippen LogP contribution in [-0.2, 0) is 6.54 Å². The highest BCUT2D eigenvalue weighted by Crippen LogP contribution is 2.00. The number of aryl methyl sites for hydroxylation is 2. The molecule has 1 aromatic heterocycles. The van der Waals surface area contributed by atoms with Crippen LogP contribution in [0.25, 0.3) is 0 Å².